The van der Waals surface area contributed by atoms with E-state index in [9.17, 15) is 4.79 Å². The van der Waals surface area contributed by atoms with Crippen molar-refractivity contribution < 1.29 is 4.79 Å². The van der Waals surface area contributed by atoms with Gasteiger partial charge in [0.1, 0.15) is 0 Å². The van der Waals surface area contributed by atoms with Gasteiger partial charge < -0.3 is 10.2 Å². The van der Waals surface area contributed by atoms with E-state index in [1.54, 1.807) is 0 Å². The molecule has 0 unspecified atom stereocenters. The van der Waals surface area contributed by atoms with Gasteiger partial charge in [-0.05, 0) is 30.9 Å². The molecular formula is C15H22N2O. The number of nitrogens with one attached hydrogen (secondary N) is 1. The summed E-state index contributed by atoms with van der Waals surface area (Å²) in [6, 6.07) is 8.77. The van der Waals surface area contributed by atoms with Crippen LogP contribution < -0.4 is 10.2 Å². The van der Waals surface area contributed by atoms with Gasteiger partial charge >= 0.3 is 0 Å². The lowest BCUT2D eigenvalue weighted by atomic mass is 10.1. The molecule has 0 fully saturated rings. The van der Waals surface area contributed by atoms with Gasteiger partial charge in [0.2, 0.25) is 5.91 Å². The van der Waals surface area contributed by atoms with E-state index in [4.69, 9.17) is 0 Å². The fourth-order valence-corrected chi connectivity index (χ4v) is 2.40. The molecule has 1 atom stereocenters. The smallest absolute Gasteiger partial charge is 0.239 e. The summed E-state index contributed by atoms with van der Waals surface area (Å²) in [7, 11) is 0. The third kappa shape index (κ3) is 2.84. The fourth-order valence-electron chi connectivity index (χ4n) is 2.40. The Labute approximate surface area is 109 Å². The molecule has 0 aromatic heterocycles. The monoisotopic (exact) mass is 246 g/mol. The van der Waals surface area contributed by atoms with Crippen LogP contribution in [0.4, 0.5) is 5.69 Å². The van der Waals surface area contributed by atoms with Crippen LogP contribution in [0.1, 0.15) is 26.3 Å². The number of hydrogen-bond donors (Lipinski definition) is 1. The zero-order chi connectivity index (χ0) is 13.1. The maximum atomic E-state index is 11.9. The van der Waals surface area contributed by atoms with Gasteiger partial charge in [-0.25, -0.2) is 0 Å². The van der Waals surface area contributed by atoms with E-state index < -0.39 is 0 Å². The molecular weight excluding hydrogens is 224 g/mol. The number of carbonyl (C=O) groups excluding carboxylic acids is 1. The topological polar surface area (TPSA) is 32.3 Å². The van der Waals surface area contributed by atoms with Crippen LogP contribution in [0, 0.1) is 5.92 Å². The zero-order valence-corrected chi connectivity index (χ0v) is 11.4. The first-order valence-electron chi connectivity index (χ1n) is 6.69. The van der Waals surface area contributed by atoms with E-state index in [1.807, 2.05) is 6.07 Å². The SMILES string of the molecule is CC(C)CNC(=O)CN1c2ccccc2C[C@H]1C. The Hall–Kier alpha value is -1.51. The van der Waals surface area contributed by atoms with Gasteiger partial charge in [0.25, 0.3) is 0 Å². The van der Waals surface area contributed by atoms with E-state index in [-0.39, 0.29) is 5.91 Å². The summed E-state index contributed by atoms with van der Waals surface area (Å²) in [5.74, 6) is 0.615. The normalized spacial score (nSPS) is 18.0. The Kier molecular flexibility index (Phi) is 3.90. The minimum atomic E-state index is 0.118. The summed E-state index contributed by atoms with van der Waals surface area (Å²) < 4.78 is 0. The molecule has 0 aliphatic carbocycles. The molecule has 0 saturated heterocycles. The van der Waals surface area contributed by atoms with Crippen LogP contribution >= 0.6 is 0 Å². The highest BCUT2D eigenvalue weighted by Crippen LogP contribution is 2.31. The second-order valence-corrected chi connectivity index (χ2v) is 5.51. The Morgan fingerprint density at radius 2 is 2.17 bits per heavy atom. The zero-order valence-electron chi connectivity index (χ0n) is 11.4. The average Bonchev–Trinajstić information content (AvgIpc) is 2.64. The predicted octanol–water partition coefficient (Wildman–Crippen LogP) is 2.21. The minimum absolute atomic E-state index is 0.118. The number of anilines is 1. The van der Waals surface area contributed by atoms with Gasteiger partial charge in [-0.1, -0.05) is 32.0 Å². The van der Waals surface area contributed by atoms with Crippen molar-refractivity contribution in [3.63, 3.8) is 0 Å². The molecule has 3 nitrogen and oxygen atoms in total. The van der Waals surface area contributed by atoms with Crippen LogP contribution in [0.25, 0.3) is 0 Å². The third-order valence-electron chi connectivity index (χ3n) is 3.37. The Morgan fingerprint density at radius 3 is 2.89 bits per heavy atom. The van der Waals surface area contributed by atoms with Crippen molar-refractivity contribution in [2.45, 2.75) is 33.2 Å². The number of para-hydroxylation sites is 1. The molecule has 0 saturated carbocycles. The Morgan fingerprint density at radius 1 is 1.44 bits per heavy atom. The van der Waals surface area contributed by atoms with Crippen molar-refractivity contribution in [1.82, 2.24) is 5.32 Å². The molecule has 0 spiro atoms. The molecule has 1 heterocycles. The molecule has 2 rings (SSSR count). The third-order valence-corrected chi connectivity index (χ3v) is 3.37. The van der Waals surface area contributed by atoms with E-state index >= 15 is 0 Å². The van der Waals surface area contributed by atoms with Crippen LogP contribution in [-0.2, 0) is 11.2 Å². The largest absolute Gasteiger partial charge is 0.359 e. The summed E-state index contributed by atoms with van der Waals surface area (Å²) in [5.41, 5.74) is 2.56. The lowest BCUT2D eigenvalue weighted by molar-refractivity contribution is -0.120. The van der Waals surface area contributed by atoms with Crippen LogP contribution in [0.3, 0.4) is 0 Å². The molecule has 0 radical (unpaired) electrons. The van der Waals surface area contributed by atoms with Gasteiger partial charge in [0, 0.05) is 18.3 Å². The molecule has 1 N–H and O–H groups in total. The quantitative estimate of drug-likeness (QED) is 0.883. The van der Waals surface area contributed by atoms with Gasteiger partial charge in [-0.3, -0.25) is 4.79 Å². The summed E-state index contributed by atoms with van der Waals surface area (Å²) >= 11 is 0. The van der Waals surface area contributed by atoms with Crippen molar-refractivity contribution in [3.05, 3.63) is 29.8 Å². The van der Waals surface area contributed by atoms with Crippen LogP contribution in [0.15, 0.2) is 24.3 Å². The number of carbonyl (C=O) groups is 1. The minimum Gasteiger partial charge on any atom is -0.359 e. The number of rotatable bonds is 4. The molecule has 1 aromatic carbocycles. The number of nitrogens with zero attached hydrogens (tertiary/aromatic N) is 1. The Bertz CT molecular complexity index is 428. The van der Waals surface area contributed by atoms with Crippen molar-refractivity contribution in [3.8, 4) is 0 Å². The second-order valence-electron chi connectivity index (χ2n) is 5.51. The van der Waals surface area contributed by atoms with Crippen LogP contribution in [-0.4, -0.2) is 25.0 Å². The number of benzene rings is 1. The van der Waals surface area contributed by atoms with Gasteiger partial charge in [0.05, 0.1) is 6.54 Å². The molecule has 0 bridgehead atoms. The maximum Gasteiger partial charge on any atom is 0.239 e. The predicted molar refractivity (Wildman–Crippen MR) is 74.8 cm³/mol. The second kappa shape index (κ2) is 5.42. The van der Waals surface area contributed by atoms with Crippen molar-refractivity contribution >= 4 is 11.6 Å². The first-order chi connectivity index (χ1) is 8.58. The maximum absolute atomic E-state index is 11.9. The highest BCUT2D eigenvalue weighted by molar-refractivity contribution is 5.82. The lowest BCUT2D eigenvalue weighted by Crippen LogP contribution is -2.41. The summed E-state index contributed by atoms with van der Waals surface area (Å²) in [4.78, 5) is 14.1. The van der Waals surface area contributed by atoms with E-state index in [1.165, 1.54) is 11.3 Å². The molecule has 1 amide bonds. The van der Waals surface area contributed by atoms with E-state index in [2.05, 4.69) is 49.2 Å². The van der Waals surface area contributed by atoms with Crippen LogP contribution in [0.2, 0.25) is 0 Å². The highest BCUT2D eigenvalue weighted by Gasteiger charge is 2.26. The fraction of sp³-hybridized carbons (Fsp3) is 0.533. The molecule has 98 valence electrons. The summed E-state index contributed by atoms with van der Waals surface area (Å²) in [6.45, 7) is 7.60. The van der Waals surface area contributed by atoms with Crippen molar-refractivity contribution in [2.75, 3.05) is 18.0 Å². The molecule has 18 heavy (non-hydrogen) atoms. The highest BCUT2D eigenvalue weighted by atomic mass is 16.2. The van der Waals surface area contributed by atoms with E-state index in [0.717, 1.165) is 13.0 Å². The van der Waals surface area contributed by atoms with Crippen molar-refractivity contribution in [2.24, 2.45) is 5.92 Å². The van der Waals surface area contributed by atoms with E-state index in [0.29, 0.717) is 18.5 Å². The molecule has 1 aliphatic heterocycles. The van der Waals surface area contributed by atoms with Gasteiger partial charge in [-0.2, -0.15) is 0 Å². The summed E-state index contributed by atoms with van der Waals surface area (Å²) in [6.07, 6.45) is 1.04. The number of hydrogen-bond acceptors (Lipinski definition) is 2. The van der Waals surface area contributed by atoms with Crippen molar-refractivity contribution in [1.29, 1.82) is 0 Å². The first kappa shape index (κ1) is 12.9. The number of fused-ring (bicyclic) bond motifs is 1. The number of amides is 1. The van der Waals surface area contributed by atoms with Gasteiger partial charge in [-0.15, -0.1) is 0 Å². The summed E-state index contributed by atoms with van der Waals surface area (Å²) in [5, 5.41) is 2.98. The Balaban J connectivity index is 1.99. The standard InChI is InChI=1S/C15H22N2O/c1-11(2)9-16-15(18)10-17-12(3)8-13-6-4-5-7-14(13)17/h4-7,11-12H,8-10H2,1-3H3,(H,16,18)/t12-/m1/s1. The lowest BCUT2D eigenvalue weighted by Gasteiger charge is -2.24. The molecule has 1 aliphatic rings. The molecule has 1 aromatic rings. The average molecular weight is 246 g/mol. The van der Waals surface area contributed by atoms with Crippen LogP contribution in [0.5, 0.6) is 0 Å². The first-order valence-corrected chi connectivity index (χ1v) is 6.69. The van der Waals surface area contributed by atoms with Gasteiger partial charge in [0.15, 0.2) is 0 Å². The molecule has 3 heteroatoms.